The number of rotatable bonds is 3. The maximum Gasteiger partial charge on any atom is -0.00197 e. The van der Waals surface area contributed by atoms with E-state index in [4.69, 9.17) is 0 Å². The summed E-state index contributed by atoms with van der Waals surface area (Å²) in [6, 6.07) is 0. The molecule has 1 aliphatic heterocycles. The van der Waals surface area contributed by atoms with E-state index in [-0.39, 0.29) is 0 Å². The van der Waals surface area contributed by atoms with E-state index in [2.05, 4.69) is 11.6 Å². The molecule has 9 heavy (non-hydrogen) atoms. The first-order valence-electron chi connectivity index (χ1n) is 3.63. The van der Waals surface area contributed by atoms with Gasteiger partial charge in [0.2, 0.25) is 0 Å². The van der Waals surface area contributed by atoms with E-state index in [1.807, 2.05) is 11.8 Å². The summed E-state index contributed by atoms with van der Waals surface area (Å²) in [5, 5.41) is 3.37. The molecule has 1 unspecified atom stereocenters. The molecule has 0 spiro atoms. The lowest BCUT2D eigenvalue weighted by molar-refractivity contribution is 0.568. The maximum absolute atomic E-state index is 3.37. The molecular weight excluding hydrogens is 130 g/mol. The minimum absolute atomic E-state index is 0.984. The Balaban J connectivity index is 1.98. The van der Waals surface area contributed by atoms with Crippen LogP contribution in [0, 0.1) is 5.92 Å². The molecule has 1 aliphatic rings. The van der Waals surface area contributed by atoms with Crippen LogP contribution in [0.3, 0.4) is 0 Å². The zero-order valence-corrected chi connectivity index (χ0v) is 6.84. The number of hydrogen-bond donors (Lipinski definition) is 1. The molecule has 1 rings (SSSR count). The van der Waals surface area contributed by atoms with Gasteiger partial charge in [0.1, 0.15) is 0 Å². The monoisotopic (exact) mass is 145 g/mol. The molecular formula is C7H15NS. The molecule has 0 amide bonds. The quantitative estimate of drug-likeness (QED) is 0.643. The van der Waals surface area contributed by atoms with Gasteiger partial charge in [-0.1, -0.05) is 0 Å². The van der Waals surface area contributed by atoms with Crippen molar-refractivity contribution in [2.24, 2.45) is 5.92 Å². The van der Waals surface area contributed by atoms with Gasteiger partial charge in [-0.25, -0.2) is 0 Å². The maximum atomic E-state index is 3.37. The van der Waals surface area contributed by atoms with Crippen LogP contribution in [0.5, 0.6) is 0 Å². The fourth-order valence-electron chi connectivity index (χ4n) is 1.25. The number of hydrogen-bond acceptors (Lipinski definition) is 2. The Morgan fingerprint density at radius 3 is 3.11 bits per heavy atom. The summed E-state index contributed by atoms with van der Waals surface area (Å²) >= 11 is 1.96. The largest absolute Gasteiger partial charge is 0.316 e. The zero-order valence-electron chi connectivity index (χ0n) is 6.02. The molecule has 0 saturated carbocycles. The van der Waals surface area contributed by atoms with Crippen molar-refractivity contribution in [1.82, 2.24) is 5.32 Å². The summed E-state index contributed by atoms with van der Waals surface area (Å²) in [7, 11) is 0. The zero-order chi connectivity index (χ0) is 6.53. The predicted octanol–water partition coefficient (Wildman–Crippen LogP) is 1.35. The van der Waals surface area contributed by atoms with Crippen LogP contribution in [-0.2, 0) is 0 Å². The molecule has 0 bridgehead atoms. The van der Waals surface area contributed by atoms with Crippen LogP contribution in [0.25, 0.3) is 0 Å². The molecule has 0 radical (unpaired) electrons. The SMILES string of the molecule is CSCCC1CCNC1. The summed E-state index contributed by atoms with van der Waals surface area (Å²) in [5.74, 6) is 2.32. The number of nitrogens with one attached hydrogen (secondary N) is 1. The van der Waals surface area contributed by atoms with Crippen LogP contribution >= 0.6 is 11.8 Å². The van der Waals surface area contributed by atoms with E-state index in [0.717, 1.165) is 5.92 Å². The predicted molar refractivity (Wildman–Crippen MR) is 44.0 cm³/mol. The molecule has 1 fully saturated rings. The Morgan fingerprint density at radius 1 is 1.67 bits per heavy atom. The molecule has 1 atom stereocenters. The minimum atomic E-state index is 0.984. The molecule has 1 nitrogen and oxygen atoms in total. The van der Waals surface area contributed by atoms with Gasteiger partial charge in [0.25, 0.3) is 0 Å². The molecule has 2 heteroatoms. The lowest BCUT2D eigenvalue weighted by Gasteiger charge is -2.04. The second-order valence-electron chi connectivity index (χ2n) is 2.64. The Labute approximate surface area is 61.6 Å². The fraction of sp³-hybridized carbons (Fsp3) is 1.00. The normalized spacial score (nSPS) is 27.0. The van der Waals surface area contributed by atoms with E-state index < -0.39 is 0 Å². The third-order valence-corrected chi connectivity index (χ3v) is 2.54. The van der Waals surface area contributed by atoms with Crippen LogP contribution < -0.4 is 5.32 Å². The number of thioether (sulfide) groups is 1. The third-order valence-electron chi connectivity index (χ3n) is 1.89. The van der Waals surface area contributed by atoms with E-state index in [1.165, 1.54) is 31.7 Å². The van der Waals surface area contributed by atoms with E-state index >= 15 is 0 Å². The van der Waals surface area contributed by atoms with E-state index in [9.17, 15) is 0 Å². The van der Waals surface area contributed by atoms with E-state index in [0.29, 0.717) is 0 Å². The molecule has 1 heterocycles. The molecule has 0 aliphatic carbocycles. The Bertz CT molecular complexity index is 69.3. The molecule has 1 saturated heterocycles. The van der Waals surface area contributed by atoms with Gasteiger partial charge in [-0.05, 0) is 43.9 Å². The Kier molecular flexibility index (Phi) is 3.44. The van der Waals surface area contributed by atoms with Crippen molar-refractivity contribution < 1.29 is 0 Å². The van der Waals surface area contributed by atoms with Gasteiger partial charge >= 0.3 is 0 Å². The Hall–Kier alpha value is 0.310. The van der Waals surface area contributed by atoms with Crippen LogP contribution in [0.15, 0.2) is 0 Å². The van der Waals surface area contributed by atoms with Gasteiger partial charge in [-0.15, -0.1) is 0 Å². The van der Waals surface area contributed by atoms with Gasteiger partial charge in [-0.3, -0.25) is 0 Å². The standard InChI is InChI=1S/C7H15NS/c1-9-5-3-7-2-4-8-6-7/h7-8H,2-6H2,1H3. The van der Waals surface area contributed by atoms with Crippen molar-refractivity contribution in [2.45, 2.75) is 12.8 Å². The third kappa shape index (κ3) is 2.59. The van der Waals surface area contributed by atoms with Crippen LogP contribution in [0.1, 0.15) is 12.8 Å². The average Bonchev–Trinajstić information content (AvgIpc) is 2.34. The highest BCUT2D eigenvalue weighted by molar-refractivity contribution is 7.98. The molecule has 0 aromatic carbocycles. The van der Waals surface area contributed by atoms with Crippen molar-refractivity contribution in [2.75, 3.05) is 25.1 Å². The highest BCUT2D eigenvalue weighted by Gasteiger charge is 2.12. The minimum Gasteiger partial charge on any atom is -0.316 e. The molecule has 0 aromatic heterocycles. The van der Waals surface area contributed by atoms with Crippen LogP contribution in [0.4, 0.5) is 0 Å². The van der Waals surface area contributed by atoms with Gasteiger partial charge in [0.05, 0.1) is 0 Å². The van der Waals surface area contributed by atoms with Crippen molar-refractivity contribution in [3.63, 3.8) is 0 Å². The Morgan fingerprint density at radius 2 is 2.56 bits per heavy atom. The van der Waals surface area contributed by atoms with Gasteiger partial charge < -0.3 is 5.32 Å². The summed E-state index contributed by atoms with van der Waals surface area (Å²) in [6.45, 7) is 2.51. The first-order chi connectivity index (χ1) is 4.43. The average molecular weight is 145 g/mol. The first-order valence-corrected chi connectivity index (χ1v) is 5.02. The van der Waals surface area contributed by atoms with Crippen LogP contribution in [-0.4, -0.2) is 25.1 Å². The van der Waals surface area contributed by atoms with Gasteiger partial charge in [0.15, 0.2) is 0 Å². The lowest BCUT2D eigenvalue weighted by atomic mass is 10.1. The molecule has 54 valence electrons. The fourth-order valence-corrected chi connectivity index (χ4v) is 1.81. The van der Waals surface area contributed by atoms with Crippen LogP contribution in [0.2, 0.25) is 0 Å². The second-order valence-corrected chi connectivity index (χ2v) is 3.63. The smallest absolute Gasteiger partial charge is 0.00197 e. The van der Waals surface area contributed by atoms with E-state index in [1.54, 1.807) is 0 Å². The van der Waals surface area contributed by atoms with Crippen molar-refractivity contribution >= 4 is 11.8 Å². The van der Waals surface area contributed by atoms with Crippen molar-refractivity contribution in [3.05, 3.63) is 0 Å². The van der Waals surface area contributed by atoms with Crippen molar-refractivity contribution in [1.29, 1.82) is 0 Å². The summed E-state index contributed by atoms with van der Waals surface area (Å²) in [6.07, 6.45) is 5.00. The summed E-state index contributed by atoms with van der Waals surface area (Å²) in [5.41, 5.74) is 0. The van der Waals surface area contributed by atoms with Crippen molar-refractivity contribution in [3.8, 4) is 0 Å². The van der Waals surface area contributed by atoms with Gasteiger partial charge in [-0.2, -0.15) is 11.8 Å². The summed E-state index contributed by atoms with van der Waals surface area (Å²) < 4.78 is 0. The lowest BCUT2D eigenvalue weighted by Crippen LogP contribution is -2.09. The first kappa shape index (κ1) is 7.42. The molecule has 0 aromatic rings. The topological polar surface area (TPSA) is 12.0 Å². The second kappa shape index (κ2) is 4.18. The highest BCUT2D eigenvalue weighted by Crippen LogP contribution is 2.13. The molecule has 1 N–H and O–H groups in total. The highest BCUT2D eigenvalue weighted by atomic mass is 32.2. The summed E-state index contributed by atoms with van der Waals surface area (Å²) in [4.78, 5) is 0. The van der Waals surface area contributed by atoms with Gasteiger partial charge in [0, 0.05) is 0 Å².